The van der Waals surface area contributed by atoms with Gasteiger partial charge in [-0.05, 0) is 87.1 Å². The van der Waals surface area contributed by atoms with Crippen LogP contribution < -0.4 is 31.6 Å². The number of nitrogens with two attached hydrogens (primary N) is 2. The number of ketones is 1. The van der Waals surface area contributed by atoms with E-state index in [9.17, 15) is 35.8 Å². The summed E-state index contributed by atoms with van der Waals surface area (Å²) >= 11 is 1.27. The molecule has 6 N–H and O–H groups in total. The maximum atomic E-state index is 13.2. The Hall–Kier alpha value is -5.14. The summed E-state index contributed by atoms with van der Waals surface area (Å²) in [6.45, 7) is 12.5. The Labute approximate surface area is 423 Å². The molecule has 5 rings (SSSR count). The van der Waals surface area contributed by atoms with Crippen molar-refractivity contribution in [2.75, 3.05) is 67.4 Å². The van der Waals surface area contributed by atoms with Crippen LogP contribution in [0.3, 0.4) is 0 Å². The summed E-state index contributed by atoms with van der Waals surface area (Å²) in [4.78, 5) is 38.2. The SMILES string of the molecule is COc1cc(C)c(S(=O)(=O)N=C(N)N2CCC(CC(NCB=O)C(=O)N(C)OC)CC2)c(C)c1C.COc1cc(C)c(S(=O)(=O)N=C(N)N2CCC(CC(NCB=O)C(=O)c3nccs3)CC2)c(C)c1C. The largest absolute Gasteiger partial charge is 0.0380 e. The number of aryl methyl sites for hydroxylation is 2. The second-order valence-electron chi connectivity index (χ2n) is 17.6. The molecule has 2 aromatic carbocycles. The number of guanidine groups is 2. The Morgan fingerprint density at radius 3 is 1.52 bits per heavy atom. The van der Waals surface area contributed by atoms with E-state index in [2.05, 4.69) is 24.4 Å². The van der Waals surface area contributed by atoms with Crippen molar-refractivity contribution in [3.63, 3.8) is 0 Å². The monoisotopic (exact) mass is 1040 g/mol. The number of aromatic nitrogens is 1. The van der Waals surface area contributed by atoms with Gasteiger partial charge in [-0.25, -0.2) is 0 Å². The minimum absolute atomic E-state index is 0.0461. The van der Waals surface area contributed by atoms with Gasteiger partial charge in [-0.3, -0.25) is 0 Å². The number of carbonyl (C=O) groups is 2. The molecular weight excluding hydrogens is 974 g/mol. The number of likely N-dealkylation sites (tertiary alicyclic amines) is 2. The number of nitrogens with zero attached hydrogens (tertiary/aromatic N) is 6. The van der Waals surface area contributed by atoms with Crippen molar-refractivity contribution in [2.24, 2.45) is 32.1 Å². The molecule has 2 aliphatic heterocycles. The number of ether oxygens (including phenoxy) is 2. The first-order valence-electron chi connectivity index (χ1n) is 23.1. The van der Waals surface area contributed by atoms with Crippen molar-refractivity contribution in [1.82, 2.24) is 30.5 Å². The first-order valence-corrected chi connectivity index (χ1v) is 26.9. The van der Waals surface area contributed by atoms with E-state index < -0.39 is 32.1 Å². The van der Waals surface area contributed by atoms with Gasteiger partial charge in [-0.2, -0.15) is 0 Å². The van der Waals surface area contributed by atoms with Gasteiger partial charge in [0.2, 0.25) is 0 Å². The zero-order valence-corrected chi connectivity index (χ0v) is 44.8. The Kier molecular flexibility index (Phi) is 21.8. The zero-order chi connectivity index (χ0) is 52.8. The number of nitrogens with one attached hydrogen (secondary N) is 2. The Bertz CT molecular complexity index is 2640. The summed E-state index contributed by atoms with van der Waals surface area (Å²) in [6.07, 6.45) is 5.61. The summed E-state index contributed by atoms with van der Waals surface area (Å²) < 4.78 is 92.8. The molecule has 0 saturated carbocycles. The molecule has 71 heavy (non-hydrogen) atoms. The summed E-state index contributed by atoms with van der Waals surface area (Å²) in [5.41, 5.74) is 16.0. The molecule has 0 aliphatic carbocycles. The number of rotatable bonds is 20. The maximum absolute atomic E-state index is 13.2. The molecule has 388 valence electrons. The second kappa shape index (κ2) is 26.5. The van der Waals surface area contributed by atoms with Crippen LogP contribution in [0.1, 0.15) is 81.7 Å². The summed E-state index contributed by atoms with van der Waals surface area (Å²) in [5.74, 6) is 1.14. The van der Waals surface area contributed by atoms with Gasteiger partial charge in [-0.15, -0.1) is 0 Å². The second-order valence-corrected chi connectivity index (χ2v) is 21.6. The average Bonchev–Trinajstić information content (AvgIpc) is 3.89. The Morgan fingerprint density at radius 2 is 1.15 bits per heavy atom. The third-order valence-electron chi connectivity index (χ3n) is 13.1. The minimum Gasteiger partial charge on any atom is -0.0380 e. The number of piperidine rings is 2. The van der Waals surface area contributed by atoms with E-state index >= 15 is 0 Å². The predicted molar refractivity (Wildman–Crippen MR) is 273 cm³/mol. The molecule has 26 heteroatoms. The molecule has 0 spiro atoms. The molecule has 2 saturated heterocycles. The van der Waals surface area contributed by atoms with Gasteiger partial charge in [0.1, 0.15) is 11.5 Å². The van der Waals surface area contributed by atoms with Gasteiger partial charge < -0.3 is 9.47 Å². The van der Waals surface area contributed by atoms with Crippen molar-refractivity contribution in [1.29, 1.82) is 0 Å². The maximum Gasteiger partial charge on any atom is -0.00471 e. The third-order valence-corrected chi connectivity index (χ3v) is 17.0. The van der Waals surface area contributed by atoms with E-state index in [4.69, 9.17) is 25.8 Å². The first-order chi connectivity index (χ1) is 33.5. The molecule has 0 bridgehead atoms. The van der Waals surface area contributed by atoms with Gasteiger partial charge in [0, 0.05) is 0 Å². The van der Waals surface area contributed by atoms with Gasteiger partial charge in [0.15, 0.2) is 0 Å². The number of benzene rings is 2. The smallest absolute Gasteiger partial charge is 0.00471 e. The van der Waals surface area contributed by atoms with E-state index in [0.717, 1.165) is 23.3 Å². The van der Waals surface area contributed by atoms with Crippen LogP contribution in [-0.4, -0.2) is 154 Å². The van der Waals surface area contributed by atoms with Crippen LogP contribution in [0.2, 0.25) is 0 Å². The van der Waals surface area contributed by atoms with Crippen molar-refractivity contribution >= 4 is 69.3 Å². The van der Waals surface area contributed by atoms with Gasteiger partial charge >= 0.3 is 303 Å². The first kappa shape index (κ1) is 58.4. The molecule has 0 radical (unpaired) electrons. The van der Waals surface area contributed by atoms with Gasteiger partial charge in [0.25, 0.3) is 0 Å². The molecule has 2 aliphatic rings. The molecule has 2 unspecified atom stereocenters. The molecule has 2 atom stereocenters. The fourth-order valence-electron chi connectivity index (χ4n) is 8.91. The summed E-state index contributed by atoms with van der Waals surface area (Å²) in [7, 11) is -0.597. The van der Waals surface area contributed by atoms with Crippen LogP contribution in [0.25, 0.3) is 0 Å². The number of hydrogen-bond acceptors (Lipinski definition) is 15. The van der Waals surface area contributed by atoms with E-state index in [1.165, 1.54) is 25.5 Å². The van der Waals surface area contributed by atoms with E-state index in [0.29, 0.717) is 111 Å². The van der Waals surface area contributed by atoms with Crippen LogP contribution in [0.15, 0.2) is 42.3 Å². The van der Waals surface area contributed by atoms with Crippen LogP contribution >= 0.6 is 11.3 Å². The van der Waals surface area contributed by atoms with E-state index in [1.807, 2.05) is 0 Å². The van der Waals surface area contributed by atoms with Crippen molar-refractivity contribution in [3.05, 3.63) is 62.1 Å². The average molecular weight is 1040 g/mol. The van der Waals surface area contributed by atoms with Crippen LogP contribution in [0.4, 0.5) is 0 Å². The number of carbonyl (C=O) groups excluding carboxylic acids is 2. The molecular formula is C45H68B2N10O11S3. The number of thiazole rings is 1. The number of methoxy groups -OCH3 is 2. The van der Waals surface area contributed by atoms with Crippen molar-refractivity contribution in [3.8, 4) is 11.5 Å². The number of hydrogen-bond donors (Lipinski definition) is 4. The molecule has 3 aromatic rings. The van der Waals surface area contributed by atoms with E-state index in [-0.39, 0.29) is 58.1 Å². The van der Waals surface area contributed by atoms with Crippen LogP contribution in [-0.2, 0) is 39.1 Å². The minimum atomic E-state index is -4.03. The standard InChI is InChI=1S/C23H32BN5O5S2.C22H36BN5O6S/c1-14-11-19(34-4)15(2)16(3)21(14)36(32,33)28-23(25)29-8-5-17(6-9-29)12-18(27-13-24-31)20(30)22-26-7-10-35-22;1-14-11-19(33-5)15(2)16(3)20(14)35(31,32)26-22(24)28-9-7-17(8-10-28)12-18(25-13-23-30)21(29)27(4)34-6/h7,10-11,17-18,27H,5-6,8-9,12-13H2,1-4H3,(H2,25,28);11,17-18,25H,7-10,12-13H2,1-6H3,(H2,24,26). The fourth-order valence-corrected chi connectivity index (χ4v) is 12.5. The molecule has 1 amide bonds. The van der Waals surface area contributed by atoms with E-state index in [1.54, 1.807) is 89.3 Å². The normalized spacial score (nSPS) is 16.0. The Balaban J connectivity index is 0.000000309. The molecule has 2 fully saturated rings. The Morgan fingerprint density at radius 1 is 0.746 bits per heavy atom. The zero-order valence-electron chi connectivity index (χ0n) is 42.3. The molecule has 1 aromatic heterocycles. The van der Waals surface area contributed by atoms with Gasteiger partial charge in [0.05, 0.1) is 14.2 Å². The number of sulfonamides is 2. The van der Waals surface area contributed by atoms with Crippen molar-refractivity contribution in [2.45, 2.75) is 102 Å². The van der Waals surface area contributed by atoms with Gasteiger partial charge in [-0.1, -0.05) is 0 Å². The predicted octanol–water partition coefficient (Wildman–Crippen LogP) is 2.74. The number of amides is 1. The topological polar surface area (TPSA) is 288 Å². The number of likely N-dealkylation sites (N-methyl/N-ethyl adjacent to an activating group) is 1. The number of Topliss-reactive ketones (excluding diaryl/α,β-unsaturated/α-hetero) is 1. The number of hydroxylamine groups is 2. The van der Waals surface area contributed by atoms with Crippen LogP contribution in [0.5, 0.6) is 11.5 Å². The van der Waals surface area contributed by atoms with Crippen molar-refractivity contribution < 1.29 is 50.1 Å². The quantitative estimate of drug-likeness (QED) is 0.0416. The molecule has 21 nitrogen and oxygen atoms in total. The fraction of sp³-hybridized carbons (Fsp3) is 0.578. The van der Waals surface area contributed by atoms with Crippen LogP contribution in [0, 0.1) is 53.4 Å². The summed E-state index contributed by atoms with van der Waals surface area (Å²) in [6, 6.07) is 2.31. The summed E-state index contributed by atoms with van der Waals surface area (Å²) in [5, 5.41) is 9.25. The third kappa shape index (κ3) is 15.2. The molecule has 3 heterocycles.